The molecule has 0 aliphatic carbocycles. The molecule has 88 valence electrons. The Labute approximate surface area is 92.4 Å². The van der Waals surface area contributed by atoms with E-state index in [1.165, 1.54) is 0 Å². The zero-order chi connectivity index (χ0) is 12.5. The molecule has 0 bridgehead atoms. The highest BCUT2D eigenvalue weighted by Crippen LogP contribution is 2.33. The van der Waals surface area contributed by atoms with Crippen molar-refractivity contribution in [3.63, 3.8) is 0 Å². The Morgan fingerprint density at radius 1 is 1.38 bits per heavy atom. The van der Waals surface area contributed by atoms with E-state index in [4.69, 9.17) is 16.7 Å². The summed E-state index contributed by atoms with van der Waals surface area (Å²) in [5.74, 6) is -2.65. The summed E-state index contributed by atoms with van der Waals surface area (Å²) in [5.41, 5.74) is -1.70. The van der Waals surface area contributed by atoms with Crippen LogP contribution in [0.4, 0.5) is 17.6 Å². The number of rotatable bonds is 2. The van der Waals surface area contributed by atoms with Crippen molar-refractivity contribution in [3.05, 3.63) is 34.1 Å². The van der Waals surface area contributed by atoms with E-state index in [2.05, 4.69) is 0 Å². The standard InChI is InChI=1S/C9H5ClF4O2/c10-6-1-4(9(12,13)14)2-7(11)5(6)3-8(15)16/h1-2H,3H2,(H,15,16). The Balaban J connectivity index is 3.23. The maximum Gasteiger partial charge on any atom is 0.416 e. The lowest BCUT2D eigenvalue weighted by atomic mass is 10.1. The molecule has 0 saturated heterocycles. The van der Waals surface area contributed by atoms with Gasteiger partial charge in [0.05, 0.1) is 12.0 Å². The molecule has 1 aromatic rings. The first kappa shape index (κ1) is 12.8. The summed E-state index contributed by atoms with van der Waals surface area (Å²) in [6, 6.07) is 0.729. The molecule has 0 unspecified atom stereocenters. The molecule has 7 heteroatoms. The Bertz CT molecular complexity index is 405. The smallest absolute Gasteiger partial charge is 0.416 e. The van der Waals surface area contributed by atoms with E-state index in [9.17, 15) is 22.4 Å². The van der Waals surface area contributed by atoms with Crippen LogP contribution < -0.4 is 0 Å². The predicted molar refractivity (Wildman–Crippen MR) is 47.8 cm³/mol. The number of alkyl halides is 3. The van der Waals surface area contributed by atoms with Crippen LogP contribution >= 0.6 is 11.6 Å². The molecule has 16 heavy (non-hydrogen) atoms. The average molecular weight is 257 g/mol. The lowest BCUT2D eigenvalue weighted by molar-refractivity contribution is -0.137. The second-order valence-electron chi connectivity index (χ2n) is 2.99. The molecule has 1 rings (SSSR count). The fourth-order valence-electron chi connectivity index (χ4n) is 1.09. The Kier molecular flexibility index (Phi) is 3.42. The number of aliphatic carboxylic acids is 1. The number of benzene rings is 1. The van der Waals surface area contributed by atoms with Gasteiger partial charge >= 0.3 is 12.1 Å². The third kappa shape index (κ3) is 2.85. The van der Waals surface area contributed by atoms with Gasteiger partial charge in [-0.1, -0.05) is 11.6 Å². The summed E-state index contributed by atoms with van der Waals surface area (Å²) in [6.07, 6.45) is -5.48. The second kappa shape index (κ2) is 4.29. The molecular formula is C9H5ClF4O2. The lowest BCUT2D eigenvalue weighted by Crippen LogP contribution is -2.09. The third-order valence-corrected chi connectivity index (χ3v) is 2.13. The van der Waals surface area contributed by atoms with E-state index >= 15 is 0 Å². The van der Waals surface area contributed by atoms with Gasteiger partial charge in [0, 0.05) is 10.6 Å². The minimum absolute atomic E-state index is 0.226. The van der Waals surface area contributed by atoms with Gasteiger partial charge in [-0.3, -0.25) is 4.79 Å². The molecule has 0 amide bonds. The van der Waals surface area contributed by atoms with Crippen LogP contribution in [-0.4, -0.2) is 11.1 Å². The number of hydrogen-bond donors (Lipinski definition) is 1. The maximum atomic E-state index is 13.2. The van der Waals surface area contributed by atoms with Crippen LogP contribution in [0.2, 0.25) is 5.02 Å². The van der Waals surface area contributed by atoms with Crippen molar-refractivity contribution in [1.29, 1.82) is 0 Å². The van der Waals surface area contributed by atoms with Crippen molar-refractivity contribution < 1.29 is 27.5 Å². The normalized spacial score (nSPS) is 11.6. The van der Waals surface area contributed by atoms with Gasteiger partial charge in [-0.25, -0.2) is 4.39 Å². The first-order valence-electron chi connectivity index (χ1n) is 3.98. The quantitative estimate of drug-likeness (QED) is 0.826. The monoisotopic (exact) mass is 256 g/mol. The summed E-state index contributed by atoms with van der Waals surface area (Å²) in [5, 5.41) is 7.85. The molecule has 0 heterocycles. The highest BCUT2D eigenvalue weighted by atomic mass is 35.5. The van der Waals surface area contributed by atoms with Crippen LogP contribution in [0.25, 0.3) is 0 Å². The number of carboxylic acid groups (broad SMARTS) is 1. The highest BCUT2D eigenvalue weighted by molar-refractivity contribution is 6.31. The fraction of sp³-hybridized carbons (Fsp3) is 0.222. The summed E-state index contributed by atoms with van der Waals surface area (Å²) in [7, 11) is 0. The van der Waals surface area contributed by atoms with Crippen molar-refractivity contribution in [1.82, 2.24) is 0 Å². The van der Waals surface area contributed by atoms with Gasteiger partial charge in [0.1, 0.15) is 5.82 Å². The minimum Gasteiger partial charge on any atom is -0.481 e. The Morgan fingerprint density at radius 3 is 2.31 bits per heavy atom. The van der Waals surface area contributed by atoms with E-state index in [-0.39, 0.29) is 6.07 Å². The molecule has 0 radical (unpaired) electrons. The zero-order valence-corrected chi connectivity index (χ0v) is 8.36. The van der Waals surface area contributed by atoms with E-state index in [1.54, 1.807) is 0 Å². The van der Waals surface area contributed by atoms with Crippen molar-refractivity contribution >= 4 is 17.6 Å². The Morgan fingerprint density at radius 2 is 1.94 bits per heavy atom. The molecule has 2 nitrogen and oxygen atoms in total. The Hall–Kier alpha value is -1.30. The summed E-state index contributed by atoms with van der Waals surface area (Å²) < 4.78 is 49.8. The molecular weight excluding hydrogens is 252 g/mol. The minimum atomic E-state index is -4.72. The largest absolute Gasteiger partial charge is 0.481 e. The van der Waals surface area contributed by atoms with Gasteiger partial charge in [-0.05, 0) is 12.1 Å². The number of carbonyl (C=O) groups is 1. The van der Waals surface area contributed by atoms with Crippen LogP contribution in [0.1, 0.15) is 11.1 Å². The van der Waals surface area contributed by atoms with Gasteiger partial charge in [-0.2, -0.15) is 13.2 Å². The van der Waals surface area contributed by atoms with E-state index in [1.807, 2.05) is 0 Å². The van der Waals surface area contributed by atoms with Gasteiger partial charge in [0.2, 0.25) is 0 Å². The second-order valence-corrected chi connectivity index (χ2v) is 3.39. The molecule has 0 aliphatic rings. The van der Waals surface area contributed by atoms with Crippen molar-refractivity contribution in [2.24, 2.45) is 0 Å². The van der Waals surface area contributed by atoms with Gasteiger partial charge < -0.3 is 5.11 Å². The summed E-state index contributed by atoms with van der Waals surface area (Å²) in [6.45, 7) is 0. The SMILES string of the molecule is O=C(O)Cc1c(F)cc(C(F)(F)F)cc1Cl. The number of halogens is 5. The fourth-order valence-corrected chi connectivity index (χ4v) is 1.36. The lowest BCUT2D eigenvalue weighted by Gasteiger charge is -2.10. The average Bonchev–Trinajstić information content (AvgIpc) is 2.09. The predicted octanol–water partition coefficient (Wildman–Crippen LogP) is 3.13. The van der Waals surface area contributed by atoms with Crippen molar-refractivity contribution in [2.45, 2.75) is 12.6 Å². The van der Waals surface area contributed by atoms with Crippen molar-refractivity contribution in [3.8, 4) is 0 Å². The molecule has 0 spiro atoms. The molecule has 1 aromatic carbocycles. The van der Waals surface area contributed by atoms with Crippen LogP contribution in [-0.2, 0) is 17.4 Å². The molecule has 0 aliphatic heterocycles. The van der Waals surface area contributed by atoms with Crippen LogP contribution in [0.15, 0.2) is 12.1 Å². The van der Waals surface area contributed by atoms with Gasteiger partial charge in [0.15, 0.2) is 0 Å². The van der Waals surface area contributed by atoms with Crippen LogP contribution in [0.5, 0.6) is 0 Å². The third-order valence-electron chi connectivity index (χ3n) is 1.80. The van der Waals surface area contributed by atoms with E-state index in [0.29, 0.717) is 6.07 Å². The number of carboxylic acids is 1. The molecule has 1 N–H and O–H groups in total. The first-order valence-corrected chi connectivity index (χ1v) is 4.36. The zero-order valence-electron chi connectivity index (χ0n) is 7.61. The van der Waals surface area contributed by atoms with Gasteiger partial charge in [-0.15, -0.1) is 0 Å². The summed E-state index contributed by atoms with van der Waals surface area (Å²) >= 11 is 5.38. The van der Waals surface area contributed by atoms with Gasteiger partial charge in [0.25, 0.3) is 0 Å². The van der Waals surface area contributed by atoms with Crippen LogP contribution in [0, 0.1) is 5.82 Å². The number of hydrogen-bond acceptors (Lipinski definition) is 1. The first-order chi connectivity index (χ1) is 7.21. The van der Waals surface area contributed by atoms with Crippen molar-refractivity contribution in [2.75, 3.05) is 0 Å². The van der Waals surface area contributed by atoms with E-state index < -0.39 is 40.5 Å². The highest BCUT2D eigenvalue weighted by Gasteiger charge is 2.32. The maximum absolute atomic E-state index is 13.2. The summed E-state index contributed by atoms with van der Waals surface area (Å²) in [4.78, 5) is 10.3. The topological polar surface area (TPSA) is 37.3 Å². The molecule has 0 fully saturated rings. The molecule has 0 saturated carbocycles. The molecule has 0 atom stereocenters. The molecule has 0 aromatic heterocycles. The van der Waals surface area contributed by atoms with E-state index in [0.717, 1.165) is 0 Å². The van der Waals surface area contributed by atoms with Crippen LogP contribution in [0.3, 0.4) is 0 Å².